The molecule has 1 aromatic carbocycles. The molecule has 0 fully saturated rings. The Morgan fingerprint density at radius 3 is 2.82 bits per heavy atom. The summed E-state index contributed by atoms with van der Waals surface area (Å²) >= 11 is 1.48. The number of ether oxygens (including phenoxy) is 3. The molecule has 4 nitrogen and oxygen atoms in total. The zero-order valence-corrected chi connectivity index (χ0v) is 10.1. The molecule has 0 atom stereocenters. The van der Waals surface area contributed by atoms with E-state index in [9.17, 15) is 0 Å². The van der Waals surface area contributed by atoms with E-state index in [-0.39, 0.29) is 0 Å². The van der Waals surface area contributed by atoms with E-state index in [1.54, 1.807) is 7.11 Å². The number of thiazole rings is 1. The van der Waals surface area contributed by atoms with E-state index in [1.807, 2.05) is 23.6 Å². The number of benzene rings is 1. The van der Waals surface area contributed by atoms with E-state index in [0.717, 1.165) is 22.8 Å². The fourth-order valence-electron chi connectivity index (χ4n) is 1.69. The van der Waals surface area contributed by atoms with E-state index in [0.29, 0.717) is 18.4 Å². The molecule has 0 aliphatic carbocycles. The Hall–Kier alpha value is -1.75. The van der Waals surface area contributed by atoms with Gasteiger partial charge in [-0.25, -0.2) is 4.98 Å². The van der Waals surface area contributed by atoms with Gasteiger partial charge in [-0.1, -0.05) is 11.3 Å². The summed E-state index contributed by atoms with van der Waals surface area (Å²) in [4.78, 5) is 4.35. The van der Waals surface area contributed by atoms with Gasteiger partial charge in [-0.05, 0) is 18.2 Å². The SMILES string of the molecule is COc1nc(-c2ccc3c(c2)OCCO3)cs1. The van der Waals surface area contributed by atoms with Crippen LogP contribution in [0.4, 0.5) is 0 Å². The molecule has 0 radical (unpaired) electrons. The monoisotopic (exact) mass is 249 g/mol. The molecular weight excluding hydrogens is 238 g/mol. The fourth-order valence-corrected chi connectivity index (χ4v) is 2.33. The maximum Gasteiger partial charge on any atom is 0.273 e. The highest BCUT2D eigenvalue weighted by atomic mass is 32.1. The Kier molecular flexibility index (Phi) is 2.60. The first-order chi connectivity index (χ1) is 8.36. The summed E-state index contributed by atoms with van der Waals surface area (Å²) in [5, 5.41) is 2.62. The molecule has 0 unspecified atom stereocenters. The summed E-state index contributed by atoms with van der Waals surface area (Å²) in [6.45, 7) is 1.20. The van der Waals surface area contributed by atoms with Crippen LogP contribution in [0.25, 0.3) is 11.3 Å². The number of rotatable bonds is 2. The molecule has 1 aliphatic heterocycles. The third-order valence-electron chi connectivity index (χ3n) is 2.50. The minimum atomic E-state index is 0.594. The molecule has 0 spiro atoms. The number of nitrogens with zero attached hydrogens (tertiary/aromatic N) is 1. The Morgan fingerprint density at radius 2 is 2.06 bits per heavy atom. The summed E-state index contributed by atoms with van der Waals surface area (Å²) in [5.74, 6) is 1.57. The maximum absolute atomic E-state index is 5.54. The van der Waals surface area contributed by atoms with Gasteiger partial charge in [0.05, 0.1) is 12.8 Å². The summed E-state index contributed by atoms with van der Waals surface area (Å²) in [6.07, 6.45) is 0. The molecule has 17 heavy (non-hydrogen) atoms. The number of hydrogen-bond donors (Lipinski definition) is 0. The van der Waals surface area contributed by atoms with Crippen LogP contribution < -0.4 is 14.2 Å². The first kappa shape index (κ1) is 10.4. The first-order valence-electron chi connectivity index (χ1n) is 5.26. The molecule has 0 amide bonds. The zero-order valence-electron chi connectivity index (χ0n) is 9.30. The topological polar surface area (TPSA) is 40.6 Å². The molecular formula is C12H11NO3S. The van der Waals surface area contributed by atoms with Gasteiger partial charge in [0.15, 0.2) is 11.5 Å². The van der Waals surface area contributed by atoms with Crippen molar-refractivity contribution >= 4 is 11.3 Å². The van der Waals surface area contributed by atoms with E-state index < -0.39 is 0 Å². The third-order valence-corrected chi connectivity index (χ3v) is 3.30. The molecule has 5 heteroatoms. The van der Waals surface area contributed by atoms with Gasteiger partial charge in [-0.15, -0.1) is 0 Å². The van der Waals surface area contributed by atoms with Crippen LogP contribution in [0, 0.1) is 0 Å². The molecule has 88 valence electrons. The van der Waals surface area contributed by atoms with Gasteiger partial charge in [0.2, 0.25) is 0 Å². The van der Waals surface area contributed by atoms with Gasteiger partial charge in [-0.3, -0.25) is 0 Å². The zero-order chi connectivity index (χ0) is 11.7. The van der Waals surface area contributed by atoms with Crippen molar-refractivity contribution in [3.63, 3.8) is 0 Å². The van der Waals surface area contributed by atoms with Gasteiger partial charge in [0.1, 0.15) is 13.2 Å². The van der Waals surface area contributed by atoms with Crippen molar-refractivity contribution in [1.82, 2.24) is 4.98 Å². The van der Waals surface area contributed by atoms with Gasteiger partial charge in [0, 0.05) is 10.9 Å². The summed E-state index contributed by atoms with van der Waals surface area (Å²) in [6, 6.07) is 5.83. The minimum absolute atomic E-state index is 0.594. The second-order valence-electron chi connectivity index (χ2n) is 3.56. The predicted octanol–water partition coefficient (Wildman–Crippen LogP) is 2.59. The van der Waals surface area contributed by atoms with Crippen molar-refractivity contribution in [2.75, 3.05) is 20.3 Å². The molecule has 1 aliphatic rings. The Balaban J connectivity index is 1.97. The lowest BCUT2D eigenvalue weighted by Crippen LogP contribution is -2.15. The highest BCUT2D eigenvalue weighted by molar-refractivity contribution is 7.11. The molecule has 0 N–H and O–H groups in total. The van der Waals surface area contributed by atoms with Gasteiger partial charge in [0.25, 0.3) is 5.19 Å². The van der Waals surface area contributed by atoms with E-state index in [1.165, 1.54) is 11.3 Å². The van der Waals surface area contributed by atoms with Gasteiger partial charge < -0.3 is 14.2 Å². The highest BCUT2D eigenvalue weighted by Crippen LogP contribution is 2.35. The Bertz CT molecular complexity index is 538. The molecule has 0 saturated carbocycles. The Labute approximate surface area is 103 Å². The normalized spacial score (nSPS) is 13.5. The lowest BCUT2D eigenvalue weighted by molar-refractivity contribution is 0.171. The Morgan fingerprint density at radius 1 is 1.24 bits per heavy atom. The second-order valence-corrected chi connectivity index (χ2v) is 4.38. The van der Waals surface area contributed by atoms with E-state index in [2.05, 4.69) is 4.98 Å². The number of fused-ring (bicyclic) bond motifs is 1. The van der Waals surface area contributed by atoms with Crippen LogP contribution in [0.15, 0.2) is 23.6 Å². The van der Waals surface area contributed by atoms with Gasteiger partial charge >= 0.3 is 0 Å². The quantitative estimate of drug-likeness (QED) is 0.820. The number of aromatic nitrogens is 1. The average Bonchev–Trinajstić information content (AvgIpc) is 2.87. The average molecular weight is 249 g/mol. The molecule has 2 aromatic rings. The van der Waals surface area contributed by atoms with Gasteiger partial charge in [-0.2, -0.15) is 0 Å². The minimum Gasteiger partial charge on any atom is -0.486 e. The predicted molar refractivity (Wildman–Crippen MR) is 65.1 cm³/mol. The molecule has 0 bridgehead atoms. The van der Waals surface area contributed by atoms with Crippen LogP contribution in [0.2, 0.25) is 0 Å². The van der Waals surface area contributed by atoms with Crippen molar-refractivity contribution in [1.29, 1.82) is 0 Å². The van der Waals surface area contributed by atoms with Crippen molar-refractivity contribution in [3.8, 4) is 28.0 Å². The van der Waals surface area contributed by atoms with Crippen LogP contribution in [0.1, 0.15) is 0 Å². The smallest absolute Gasteiger partial charge is 0.273 e. The molecule has 1 aromatic heterocycles. The van der Waals surface area contributed by atoms with Crippen LogP contribution in [0.5, 0.6) is 16.7 Å². The summed E-state index contributed by atoms with van der Waals surface area (Å²) in [5.41, 5.74) is 1.90. The van der Waals surface area contributed by atoms with Crippen LogP contribution in [0.3, 0.4) is 0 Å². The second kappa shape index (κ2) is 4.25. The van der Waals surface area contributed by atoms with Crippen molar-refractivity contribution in [3.05, 3.63) is 23.6 Å². The van der Waals surface area contributed by atoms with E-state index >= 15 is 0 Å². The third kappa shape index (κ3) is 1.93. The van der Waals surface area contributed by atoms with E-state index in [4.69, 9.17) is 14.2 Å². The number of methoxy groups -OCH3 is 1. The lowest BCUT2D eigenvalue weighted by Gasteiger charge is -2.18. The molecule has 0 saturated heterocycles. The fraction of sp³-hybridized carbons (Fsp3) is 0.250. The van der Waals surface area contributed by atoms with Crippen molar-refractivity contribution < 1.29 is 14.2 Å². The highest BCUT2D eigenvalue weighted by Gasteiger charge is 2.13. The van der Waals surface area contributed by atoms with Crippen LogP contribution in [-0.2, 0) is 0 Å². The van der Waals surface area contributed by atoms with Crippen LogP contribution in [-0.4, -0.2) is 25.3 Å². The number of hydrogen-bond acceptors (Lipinski definition) is 5. The summed E-state index contributed by atoms with van der Waals surface area (Å²) < 4.78 is 16.1. The van der Waals surface area contributed by atoms with Crippen LogP contribution >= 0.6 is 11.3 Å². The maximum atomic E-state index is 5.54. The standard InChI is InChI=1S/C12H11NO3S/c1-14-12-13-9(7-17-12)8-2-3-10-11(6-8)16-5-4-15-10/h2-3,6-7H,4-5H2,1H3. The van der Waals surface area contributed by atoms with Crippen molar-refractivity contribution in [2.45, 2.75) is 0 Å². The molecule has 2 heterocycles. The first-order valence-corrected chi connectivity index (χ1v) is 6.14. The largest absolute Gasteiger partial charge is 0.486 e. The molecule has 3 rings (SSSR count). The van der Waals surface area contributed by atoms with Crippen molar-refractivity contribution in [2.24, 2.45) is 0 Å². The summed E-state index contributed by atoms with van der Waals surface area (Å²) in [7, 11) is 1.62. The lowest BCUT2D eigenvalue weighted by atomic mass is 10.1.